The van der Waals surface area contributed by atoms with E-state index in [1.165, 1.54) is 0 Å². The van der Waals surface area contributed by atoms with Gasteiger partial charge in [0.1, 0.15) is 0 Å². The second-order valence-corrected chi connectivity index (χ2v) is 6.81. The Morgan fingerprint density at radius 2 is 1.35 bits per heavy atom. The number of alkyl halides is 6. The van der Waals surface area contributed by atoms with Crippen molar-refractivity contribution < 1.29 is 31.9 Å². The van der Waals surface area contributed by atoms with E-state index in [1.807, 2.05) is 0 Å². The summed E-state index contributed by atoms with van der Waals surface area (Å²) < 4.78 is 62.7. The maximum atomic E-state index is 12.8. The van der Waals surface area contributed by atoms with Crippen molar-refractivity contribution in [3.8, 4) is 0 Å². The highest BCUT2D eigenvalue weighted by molar-refractivity contribution is 14.1. The maximum Gasteiger partial charge on any atom is 0.453 e. The van der Waals surface area contributed by atoms with E-state index in [2.05, 4.69) is 22.6 Å². The maximum absolute atomic E-state index is 12.8. The number of carboxylic acids is 1. The number of carboxylic acid groups (broad SMARTS) is 1. The summed E-state index contributed by atoms with van der Waals surface area (Å²) in [6.45, 7) is 0. The minimum absolute atomic E-state index is 0.143. The first-order valence-corrected chi connectivity index (χ1v) is 9.37. The van der Waals surface area contributed by atoms with Crippen molar-refractivity contribution in [3.05, 3.63) is 0 Å². The first-order valence-electron chi connectivity index (χ1n) is 7.85. The molecule has 1 N–H and O–H groups in total. The molecule has 0 saturated carbocycles. The lowest BCUT2D eigenvalue weighted by Crippen LogP contribution is -2.36. The Hall–Kier alpha value is -0.150. The molecule has 0 fully saturated rings. The fourth-order valence-corrected chi connectivity index (χ4v) is 2.84. The lowest BCUT2D eigenvalue weighted by Gasteiger charge is -2.20. The Morgan fingerprint density at radius 3 is 1.83 bits per heavy atom. The number of unbranched alkanes of at least 4 members (excludes halogenated alkanes) is 5. The molecular weight excluding hydrogens is 434 g/mol. The normalized spacial score (nSPS) is 14.0. The molecule has 2 nitrogen and oxygen atoms in total. The molecule has 0 aromatic rings. The van der Waals surface area contributed by atoms with Crippen molar-refractivity contribution in [1.29, 1.82) is 0 Å². The molecule has 0 aliphatic rings. The lowest BCUT2D eigenvalue weighted by atomic mass is 9.94. The topological polar surface area (TPSA) is 37.3 Å². The molecule has 0 bridgehead atoms. The third-order valence-corrected chi connectivity index (χ3v) is 4.51. The molecule has 0 aromatic heterocycles. The van der Waals surface area contributed by atoms with E-state index in [4.69, 9.17) is 5.11 Å². The van der Waals surface area contributed by atoms with Crippen LogP contribution in [0.5, 0.6) is 0 Å². The Labute approximate surface area is 147 Å². The molecule has 8 heteroatoms. The summed E-state index contributed by atoms with van der Waals surface area (Å²) in [7, 11) is 0. The van der Waals surface area contributed by atoms with Crippen LogP contribution in [0.3, 0.4) is 0 Å². The fourth-order valence-electron chi connectivity index (χ4n) is 2.30. The Bertz CT molecular complexity index is 334. The van der Waals surface area contributed by atoms with Gasteiger partial charge in [-0.2, -0.15) is 22.0 Å². The van der Waals surface area contributed by atoms with Crippen LogP contribution in [0.15, 0.2) is 0 Å². The van der Waals surface area contributed by atoms with Crippen LogP contribution in [0, 0.1) is 5.92 Å². The number of hydrogen-bond donors (Lipinski definition) is 1. The number of halogens is 6. The van der Waals surface area contributed by atoms with E-state index in [1.54, 1.807) is 0 Å². The van der Waals surface area contributed by atoms with Crippen LogP contribution < -0.4 is 0 Å². The summed E-state index contributed by atoms with van der Waals surface area (Å²) in [6, 6.07) is 0. The summed E-state index contributed by atoms with van der Waals surface area (Å²) in [5.74, 6) is -6.70. The summed E-state index contributed by atoms with van der Waals surface area (Å²) in [6.07, 6.45) is -1.27. The van der Waals surface area contributed by atoms with Gasteiger partial charge in [0, 0.05) is 6.42 Å². The number of hydrogen-bond acceptors (Lipinski definition) is 1. The van der Waals surface area contributed by atoms with Gasteiger partial charge in [-0.25, -0.2) is 0 Å². The van der Waals surface area contributed by atoms with Gasteiger partial charge >= 0.3 is 18.1 Å². The second-order valence-electron chi connectivity index (χ2n) is 5.73. The van der Waals surface area contributed by atoms with Gasteiger partial charge in [-0.15, -0.1) is 0 Å². The summed E-state index contributed by atoms with van der Waals surface area (Å²) in [5, 5.41) is 9.02. The zero-order chi connectivity index (χ0) is 17.9. The molecule has 0 heterocycles. The third-order valence-electron chi connectivity index (χ3n) is 3.74. The molecule has 0 saturated heterocycles. The number of rotatable bonds is 13. The fraction of sp³-hybridized carbons (Fsp3) is 0.933. The number of carbonyl (C=O) groups is 1. The van der Waals surface area contributed by atoms with Crippen molar-refractivity contribution in [2.24, 2.45) is 5.92 Å². The quantitative estimate of drug-likeness (QED) is 0.154. The van der Waals surface area contributed by atoms with E-state index in [-0.39, 0.29) is 6.42 Å². The number of aliphatic carboxylic acids is 1. The van der Waals surface area contributed by atoms with Crippen LogP contribution in [0.2, 0.25) is 0 Å². The Balaban J connectivity index is 3.98. The highest BCUT2D eigenvalue weighted by Gasteiger charge is 2.56. The second kappa shape index (κ2) is 11.4. The molecule has 0 aliphatic heterocycles. The first-order chi connectivity index (χ1) is 10.6. The van der Waals surface area contributed by atoms with E-state index < -0.39 is 36.8 Å². The minimum Gasteiger partial charge on any atom is -0.481 e. The predicted molar refractivity (Wildman–Crippen MR) is 87.2 cm³/mol. The van der Waals surface area contributed by atoms with Crippen molar-refractivity contribution in [2.75, 3.05) is 4.43 Å². The average Bonchev–Trinajstić information content (AvgIpc) is 2.42. The van der Waals surface area contributed by atoms with Crippen LogP contribution in [0.25, 0.3) is 0 Å². The van der Waals surface area contributed by atoms with Crippen LogP contribution in [0.1, 0.15) is 64.2 Å². The average molecular weight is 458 g/mol. The lowest BCUT2D eigenvalue weighted by molar-refractivity contribution is -0.284. The minimum atomic E-state index is -5.57. The summed E-state index contributed by atoms with van der Waals surface area (Å²) in [4.78, 5) is 11.0. The van der Waals surface area contributed by atoms with Crippen LogP contribution in [0.4, 0.5) is 22.0 Å². The van der Waals surface area contributed by atoms with Crippen LogP contribution in [-0.2, 0) is 4.79 Å². The van der Waals surface area contributed by atoms with Crippen molar-refractivity contribution in [3.63, 3.8) is 0 Å². The molecule has 0 aliphatic carbocycles. The van der Waals surface area contributed by atoms with Crippen LogP contribution >= 0.6 is 22.6 Å². The van der Waals surface area contributed by atoms with Gasteiger partial charge in [0.05, 0.1) is 5.92 Å². The van der Waals surface area contributed by atoms with E-state index >= 15 is 0 Å². The van der Waals surface area contributed by atoms with Gasteiger partial charge in [-0.3, -0.25) is 4.79 Å². The molecule has 0 amide bonds. The molecule has 1 unspecified atom stereocenters. The molecule has 0 spiro atoms. The van der Waals surface area contributed by atoms with Gasteiger partial charge < -0.3 is 5.11 Å². The summed E-state index contributed by atoms with van der Waals surface area (Å²) in [5.41, 5.74) is 0. The molecule has 23 heavy (non-hydrogen) atoms. The highest BCUT2D eigenvalue weighted by Crippen LogP contribution is 2.39. The van der Waals surface area contributed by atoms with Gasteiger partial charge in [-0.05, 0) is 30.1 Å². The zero-order valence-electron chi connectivity index (χ0n) is 13.0. The van der Waals surface area contributed by atoms with E-state index in [9.17, 15) is 26.7 Å². The zero-order valence-corrected chi connectivity index (χ0v) is 15.1. The van der Waals surface area contributed by atoms with Gasteiger partial charge in [0.25, 0.3) is 0 Å². The van der Waals surface area contributed by atoms with Crippen molar-refractivity contribution in [2.45, 2.75) is 76.3 Å². The summed E-state index contributed by atoms with van der Waals surface area (Å²) >= 11 is 2.31. The van der Waals surface area contributed by atoms with E-state index in [0.29, 0.717) is 12.8 Å². The van der Waals surface area contributed by atoms with Crippen molar-refractivity contribution >= 4 is 28.6 Å². The van der Waals surface area contributed by atoms with Gasteiger partial charge in [0.2, 0.25) is 0 Å². The smallest absolute Gasteiger partial charge is 0.453 e. The molecular formula is C15H24F5IO2. The Kier molecular flexibility index (Phi) is 11.3. The largest absolute Gasteiger partial charge is 0.481 e. The first kappa shape index (κ1) is 22.9. The monoisotopic (exact) mass is 458 g/mol. The molecule has 0 radical (unpaired) electrons. The SMILES string of the molecule is O=C(O)C(CCCCCCCCI)CCCC(F)(F)C(F)(F)F. The predicted octanol–water partition coefficient (Wildman–Crippen LogP) is 6.22. The third kappa shape index (κ3) is 10.3. The van der Waals surface area contributed by atoms with Crippen molar-refractivity contribution in [1.82, 2.24) is 0 Å². The van der Waals surface area contributed by atoms with Gasteiger partial charge in [0.15, 0.2) is 0 Å². The molecule has 0 aromatic carbocycles. The van der Waals surface area contributed by atoms with Gasteiger partial charge in [-0.1, -0.05) is 54.7 Å². The standard InChI is InChI=1S/C15H24F5IO2/c16-14(17,15(18,19)20)10-7-9-12(13(22)23)8-5-3-1-2-4-6-11-21/h12H,1-11H2,(H,22,23). The molecule has 1 atom stereocenters. The molecule has 138 valence electrons. The molecule has 0 rings (SSSR count). The van der Waals surface area contributed by atoms with E-state index in [0.717, 1.165) is 36.5 Å². The van der Waals surface area contributed by atoms with Crippen LogP contribution in [-0.4, -0.2) is 27.6 Å². The highest BCUT2D eigenvalue weighted by atomic mass is 127. The Morgan fingerprint density at radius 1 is 0.870 bits per heavy atom.